The molecule has 1 amide bonds. The molecule has 0 aromatic rings. The average molecular weight is 313 g/mol. The molecule has 1 fully saturated rings. The summed E-state index contributed by atoms with van der Waals surface area (Å²) in [6.07, 6.45) is 1.86. The Labute approximate surface area is 133 Å². The first-order valence-corrected chi connectivity index (χ1v) is 8.31. The Balaban J connectivity index is 2.95. The summed E-state index contributed by atoms with van der Waals surface area (Å²) < 4.78 is 5.62. The van der Waals surface area contributed by atoms with Gasteiger partial charge in [0.2, 0.25) is 5.91 Å². The van der Waals surface area contributed by atoms with E-state index < -0.39 is 16.9 Å². The third-order valence-corrected chi connectivity index (χ3v) is 5.21. The van der Waals surface area contributed by atoms with Crippen molar-refractivity contribution >= 4 is 11.9 Å². The van der Waals surface area contributed by atoms with Crippen LogP contribution in [-0.4, -0.2) is 35.2 Å². The minimum Gasteiger partial charge on any atom is -0.479 e. The number of carboxylic acids is 1. The summed E-state index contributed by atoms with van der Waals surface area (Å²) in [5.74, 6) is -1.08. The van der Waals surface area contributed by atoms with Gasteiger partial charge in [-0.05, 0) is 19.3 Å². The van der Waals surface area contributed by atoms with E-state index in [0.29, 0.717) is 13.0 Å². The first-order chi connectivity index (χ1) is 10.1. The highest BCUT2D eigenvalue weighted by atomic mass is 16.5. The monoisotopic (exact) mass is 313 g/mol. The van der Waals surface area contributed by atoms with Crippen LogP contribution in [0.2, 0.25) is 0 Å². The van der Waals surface area contributed by atoms with Crippen molar-refractivity contribution in [1.29, 1.82) is 0 Å². The molecule has 5 heteroatoms. The number of carbonyl (C=O) groups excluding carboxylic acids is 1. The molecule has 0 aromatic heterocycles. The molecule has 0 bridgehead atoms. The number of ether oxygens (including phenoxy) is 1. The number of amides is 1. The third kappa shape index (κ3) is 3.14. The van der Waals surface area contributed by atoms with Crippen molar-refractivity contribution in [2.45, 2.75) is 72.4 Å². The molecular weight excluding hydrogens is 282 g/mol. The summed E-state index contributed by atoms with van der Waals surface area (Å²) in [4.78, 5) is 24.5. The molecule has 0 aliphatic heterocycles. The number of hydrogen-bond acceptors (Lipinski definition) is 3. The molecule has 3 atom stereocenters. The van der Waals surface area contributed by atoms with Gasteiger partial charge in [0.15, 0.2) is 0 Å². The largest absolute Gasteiger partial charge is 0.479 e. The van der Waals surface area contributed by atoms with Crippen molar-refractivity contribution in [1.82, 2.24) is 5.32 Å². The zero-order chi connectivity index (χ0) is 17.1. The van der Waals surface area contributed by atoms with Gasteiger partial charge in [0.25, 0.3) is 0 Å². The number of nitrogens with one attached hydrogen (secondary N) is 1. The molecule has 1 aliphatic rings. The summed E-state index contributed by atoms with van der Waals surface area (Å²) in [6, 6.07) is 0. The van der Waals surface area contributed by atoms with Gasteiger partial charge in [-0.15, -0.1) is 0 Å². The van der Waals surface area contributed by atoms with Crippen molar-refractivity contribution in [3.05, 3.63) is 0 Å². The Bertz CT molecular complexity index is 419. The second kappa shape index (κ2) is 6.99. The quantitative estimate of drug-likeness (QED) is 0.722. The Morgan fingerprint density at radius 3 is 2.27 bits per heavy atom. The molecule has 2 N–H and O–H groups in total. The Kier molecular flexibility index (Phi) is 6.02. The lowest BCUT2D eigenvalue weighted by Gasteiger charge is -2.58. The highest BCUT2D eigenvalue weighted by Gasteiger charge is 2.66. The molecular formula is C17H31NO4. The molecule has 22 heavy (non-hydrogen) atoms. The van der Waals surface area contributed by atoms with Crippen LogP contribution in [0.4, 0.5) is 0 Å². The van der Waals surface area contributed by atoms with Crippen LogP contribution in [0, 0.1) is 17.3 Å². The molecule has 0 saturated heterocycles. The minimum atomic E-state index is -1.23. The van der Waals surface area contributed by atoms with Crippen molar-refractivity contribution in [2.24, 2.45) is 17.3 Å². The minimum absolute atomic E-state index is 0.141. The average Bonchev–Trinajstić information content (AvgIpc) is 2.42. The number of carbonyl (C=O) groups is 2. The zero-order valence-electron chi connectivity index (χ0n) is 14.7. The van der Waals surface area contributed by atoms with E-state index in [4.69, 9.17) is 4.74 Å². The van der Waals surface area contributed by atoms with E-state index in [9.17, 15) is 14.7 Å². The molecule has 0 radical (unpaired) electrons. The van der Waals surface area contributed by atoms with Gasteiger partial charge in [-0.3, -0.25) is 4.79 Å². The number of hydrogen-bond donors (Lipinski definition) is 2. The fraction of sp³-hybridized carbons (Fsp3) is 0.882. The molecule has 3 unspecified atom stereocenters. The van der Waals surface area contributed by atoms with E-state index in [1.165, 1.54) is 0 Å². The lowest BCUT2D eigenvalue weighted by molar-refractivity contribution is -0.195. The smallest absolute Gasteiger partial charge is 0.330 e. The van der Waals surface area contributed by atoms with Crippen LogP contribution in [-0.2, 0) is 14.3 Å². The topological polar surface area (TPSA) is 75.6 Å². The van der Waals surface area contributed by atoms with Gasteiger partial charge in [-0.25, -0.2) is 4.79 Å². The Hall–Kier alpha value is -1.10. The van der Waals surface area contributed by atoms with Gasteiger partial charge in [0.1, 0.15) is 5.54 Å². The lowest BCUT2D eigenvalue weighted by atomic mass is 9.54. The van der Waals surface area contributed by atoms with Crippen molar-refractivity contribution in [3.63, 3.8) is 0 Å². The van der Waals surface area contributed by atoms with Crippen molar-refractivity contribution in [2.75, 3.05) is 6.61 Å². The second-order valence-electron chi connectivity index (χ2n) is 7.21. The first kappa shape index (κ1) is 18.9. The summed E-state index contributed by atoms with van der Waals surface area (Å²) in [7, 11) is 0. The maximum atomic E-state index is 12.6. The summed E-state index contributed by atoms with van der Waals surface area (Å²) >= 11 is 0. The standard InChI is InChI=1S/C17H31NO4/c1-7-9-12(11(3)4)14(19)18-17(15(20)21)10-13(22-8-2)16(17,5)6/h11-13H,7-10H2,1-6H3,(H,18,19)(H,20,21). The Morgan fingerprint density at radius 2 is 1.91 bits per heavy atom. The molecule has 1 aliphatic carbocycles. The highest BCUT2D eigenvalue weighted by molar-refractivity contribution is 5.90. The fourth-order valence-electron chi connectivity index (χ4n) is 3.42. The predicted octanol–water partition coefficient (Wildman–Crippen LogP) is 2.83. The normalized spacial score (nSPS) is 28.0. The van der Waals surface area contributed by atoms with E-state index in [1.807, 2.05) is 41.5 Å². The lowest BCUT2D eigenvalue weighted by Crippen LogP contribution is -2.76. The van der Waals surface area contributed by atoms with Crippen LogP contribution >= 0.6 is 0 Å². The first-order valence-electron chi connectivity index (χ1n) is 8.31. The molecule has 0 aromatic carbocycles. The number of carboxylic acid groups (broad SMARTS) is 1. The van der Waals surface area contributed by atoms with E-state index in [2.05, 4.69) is 5.32 Å². The number of aliphatic carboxylic acids is 1. The molecule has 128 valence electrons. The third-order valence-electron chi connectivity index (χ3n) is 5.21. The van der Waals surface area contributed by atoms with E-state index in [-0.39, 0.29) is 23.8 Å². The van der Waals surface area contributed by atoms with Crippen molar-refractivity contribution < 1.29 is 19.4 Å². The molecule has 5 nitrogen and oxygen atoms in total. The maximum absolute atomic E-state index is 12.6. The molecule has 1 saturated carbocycles. The van der Waals surface area contributed by atoms with Gasteiger partial charge < -0.3 is 15.2 Å². The van der Waals surface area contributed by atoms with Gasteiger partial charge in [-0.1, -0.05) is 41.0 Å². The highest BCUT2D eigenvalue weighted by Crippen LogP contribution is 2.51. The van der Waals surface area contributed by atoms with Gasteiger partial charge in [0, 0.05) is 24.4 Å². The fourth-order valence-corrected chi connectivity index (χ4v) is 3.42. The summed E-state index contributed by atoms with van der Waals surface area (Å²) in [6.45, 7) is 12.2. The zero-order valence-corrected chi connectivity index (χ0v) is 14.7. The van der Waals surface area contributed by atoms with Gasteiger partial charge in [-0.2, -0.15) is 0 Å². The van der Waals surface area contributed by atoms with E-state index >= 15 is 0 Å². The van der Waals surface area contributed by atoms with Crippen molar-refractivity contribution in [3.8, 4) is 0 Å². The van der Waals surface area contributed by atoms with E-state index in [0.717, 1.165) is 12.8 Å². The van der Waals surface area contributed by atoms with Gasteiger partial charge in [0.05, 0.1) is 6.10 Å². The van der Waals surface area contributed by atoms with Gasteiger partial charge >= 0.3 is 5.97 Å². The van der Waals surface area contributed by atoms with Crippen LogP contribution in [0.1, 0.15) is 60.8 Å². The van der Waals surface area contributed by atoms with E-state index in [1.54, 1.807) is 0 Å². The molecule has 0 heterocycles. The summed E-state index contributed by atoms with van der Waals surface area (Å²) in [5.41, 5.74) is -1.86. The summed E-state index contributed by atoms with van der Waals surface area (Å²) in [5, 5.41) is 12.6. The van der Waals surface area contributed by atoms with Crippen LogP contribution in [0.3, 0.4) is 0 Å². The maximum Gasteiger partial charge on any atom is 0.330 e. The Morgan fingerprint density at radius 1 is 1.32 bits per heavy atom. The van der Waals surface area contributed by atoms with Crippen LogP contribution in [0.25, 0.3) is 0 Å². The molecule has 1 rings (SSSR count). The van der Waals surface area contributed by atoms with Crippen LogP contribution < -0.4 is 5.32 Å². The van der Waals surface area contributed by atoms with Crippen LogP contribution in [0.5, 0.6) is 0 Å². The molecule has 0 spiro atoms. The number of rotatable bonds is 8. The second-order valence-corrected chi connectivity index (χ2v) is 7.21. The predicted molar refractivity (Wildman–Crippen MR) is 85.6 cm³/mol. The SMILES string of the molecule is CCCC(C(=O)NC1(C(=O)O)CC(OCC)C1(C)C)C(C)C. The van der Waals surface area contributed by atoms with Crippen LogP contribution in [0.15, 0.2) is 0 Å².